The smallest absolute Gasteiger partial charge is 0.257 e. The highest BCUT2D eigenvalue weighted by Gasteiger charge is 2.11. The minimum atomic E-state index is -0.179. The number of aromatic nitrogens is 2. The van der Waals surface area contributed by atoms with Crippen LogP contribution in [0.15, 0.2) is 66.7 Å². The van der Waals surface area contributed by atoms with E-state index >= 15 is 0 Å². The summed E-state index contributed by atoms with van der Waals surface area (Å²) in [6.07, 6.45) is 2.48. The Balaban J connectivity index is 1.26. The fourth-order valence-corrected chi connectivity index (χ4v) is 4.12. The number of hydrogen-bond donors (Lipinski definition) is 1. The Morgan fingerprint density at radius 1 is 0.972 bits per heavy atom. The third-order valence-corrected chi connectivity index (χ3v) is 6.44. The molecule has 0 aliphatic rings. The Bertz CT molecular complexity index is 1310. The minimum absolute atomic E-state index is 0.0504. The Hall–Kier alpha value is -3.22. The predicted octanol–water partition coefficient (Wildman–Crippen LogP) is 6.25. The zero-order valence-corrected chi connectivity index (χ0v) is 21.7. The normalized spacial score (nSPS) is 11.0. The van der Waals surface area contributed by atoms with Gasteiger partial charge in [0.1, 0.15) is 17.3 Å². The summed E-state index contributed by atoms with van der Waals surface area (Å²) in [6, 6.07) is 20.7. The largest absolute Gasteiger partial charge is 0.494 e. The molecule has 3 aromatic carbocycles. The third kappa shape index (κ3) is 7.15. The highest BCUT2D eigenvalue weighted by molar-refractivity contribution is 6.31. The highest BCUT2D eigenvalue weighted by atomic mass is 35.5. The highest BCUT2D eigenvalue weighted by Crippen LogP contribution is 2.22. The molecule has 1 aromatic heterocycles. The molecule has 4 aromatic rings. The first-order valence-electron chi connectivity index (χ1n) is 12.0. The number of rotatable bonds is 12. The molecule has 0 aliphatic heterocycles. The zero-order valence-electron chi connectivity index (χ0n) is 20.2. The van der Waals surface area contributed by atoms with Gasteiger partial charge in [-0.05, 0) is 79.9 Å². The first-order valence-corrected chi connectivity index (χ1v) is 12.7. The molecule has 36 heavy (non-hydrogen) atoms. The average Bonchev–Trinajstić information content (AvgIpc) is 3.23. The van der Waals surface area contributed by atoms with Crippen molar-refractivity contribution in [2.45, 2.75) is 32.7 Å². The molecule has 0 radical (unpaired) electrons. The van der Waals surface area contributed by atoms with Gasteiger partial charge >= 0.3 is 0 Å². The predicted molar refractivity (Wildman–Crippen MR) is 144 cm³/mol. The van der Waals surface area contributed by atoms with Crippen molar-refractivity contribution in [3.63, 3.8) is 0 Å². The molecular weight excluding hydrogens is 497 g/mol. The number of nitrogens with one attached hydrogen (secondary N) is 1. The van der Waals surface area contributed by atoms with E-state index in [9.17, 15) is 4.79 Å². The van der Waals surface area contributed by atoms with E-state index in [2.05, 4.69) is 16.0 Å². The summed E-state index contributed by atoms with van der Waals surface area (Å²) in [5.41, 5.74) is 3.06. The van der Waals surface area contributed by atoms with Crippen molar-refractivity contribution in [3.8, 4) is 11.5 Å². The summed E-state index contributed by atoms with van der Waals surface area (Å²) >= 11 is 12.0. The van der Waals surface area contributed by atoms with Crippen molar-refractivity contribution in [1.29, 1.82) is 0 Å². The molecule has 188 valence electrons. The summed E-state index contributed by atoms with van der Waals surface area (Å²) in [5.74, 6) is 2.21. The number of unbranched alkanes of at least 4 members (excludes halogenated alkanes) is 1. The maximum atomic E-state index is 12.2. The van der Waals surface area contributed by atoms with Gasteiger partial charge in [-0.1, -0.05) is 35.3 Å². The van der Waals surface area contributed by atoms with Crippen LogP contribution < -0.4 is 14.8 Å². The number of amides is 1. The molecule has 0 fully saturated rings. The molecule has 0 unspecified atom stereocenters. The maximum Gasteiger partial charge on any atom is 0.257 e. The number of imidazole rings is 1. The fourth-order valence-electron chi connectivity index (χ4n) is 3.88. The van der Waals surface area contributed by atoms with Crippen LogP contribution in [0.5, 0.6) is 11.5 Å². The number of carbonyl (C=O) groups is 1. The maximum absolute atomic E-state index is 12.2. The summed E-state index contributed by atoms with van der Waals surface area (Å²) < 4.78 is 13.6. The van der Waals surface area contributed by atoms with Crippen LogP contribution in [0.4, 0.5) is 0 Å². The number of aryl methyl sites for hydroxylation is 2. The van der Waals surface area contributed by atoms with E-state index in [0.29, 0.717) is 30.3 Å². The lowest BCUT2D eigenvalue weighted by Crippen LogP contribution is -2.31. The number of para-hydroxylation sites is 2. The van der Waals surface area contributed by atoms with Gasteiger partial charge in [0, 0.05) is 29.6 Å². The minimum Gasteiger partial charge on any atom is -0.494 e. The second kappa shape index (κ2) is 12.7. The average molecular weight is 526 g/mol. The number of ether oxygens (including phenoxy) is 2. The van der Waals surface area contributed by atoms with Crippen LogP contribution in [0.25, 0.3) is 11.0 Å². The van der Waals surface area contributed by atoms with Crippen molar-refractivity contribution in [1.82, 2.24) is 14.9 Å². The molecule has 0 aliphatic carbocycles. The lowest BCUT2D eigenvalue weighted by molar-refractivity contribution is -0.123. The number of halogens is 2. The van der Waals surface area contributed by atoms with Crippen LogP contribution in [-0.2, 0) is 17.8 Å². The van der Waals surface area contributed by atoms with Gasteiger partial charge in [0.25, 0.3) is 5.91 Å². The molecule has 0 saturated carbocycles. The van der Waals surface area contributed by atoms with Crippen molar-refractivity contribution in [3.05, 3.63) is 88.2 Å². The lowest BCUT2D eigenvalue weighted by atomic mass is 10.2. The van der Waals surface area contributed by atoms with Gasteiger partial charge in [0.2, 0.25) is 0 Å². The number of nitrogens with zero attached hydrogens (tertiary/aromatic N) is 2. The Morgan fingerprint density at radius 3 is 2.56 bits per heavy atom. The molecule has 1 amide bonds. The SMILES string of the molecule is Cc1cc(OCCCCn2c(CCNC(=O)COc3ccc(Cl)cc3)nc3ccccc32)ccc1Cl. The molecule has 0 bridgehead atoms. The standard InChI is InChI=1S/C28H29Cl2N3O3/c1-20-18-23(12-13-24(20)30)35-17-5-4-16-33-26-7-3-2-6-25(26)32-27(33)14-15-31-28(34)19-36-22-10-8-21(29)9-11-22/h2-3,6-13,18H,4-5,14-17,19H2,1H3,(H,31,34). The van der Waals surface area contributed by atoms with Crippen molar-refractivity contribution >= 4 is 40.1 Å². The van der Waals surface area contributed by atoms with E-state index in [1.807, 2.05) is 43.3 Å². The number of carbonyl (C=O) groups excluding carboxylic acids is 1. The first kappa shape index (κ1) is 25.9. The van der Waals surface area contributed by atoms with Gasteiger partial charge in [-0.25, -0.2) is 4.98 Å². The number of benzene rings is 3. The van der Waals surface area contributed by atoms with E-state index in [4.69, 9.17) is 37.7 Å². The molecule has 8 heteroatoms. The molecular formula is C28H29Cl2N3O3. The van der Waals surface area contributed by atoms with Crippen molar-refractivity contribution in [2.75, 3.05) is 19.8 Å². The van der Waals surface area contributed by atoms with Crippen molar-refractivity contribution < 1.29 is 14.3 Å². The Morgan fingerprint density at radius 2 is 1.75 bits per heavy atom. The van der Waals surface area contributed by atoms with Crippen LogP contribution in [0.2, 0.25) is 10.0 Å². The summed E-state index contributed by atoms with van der Waals surface area (Å²) in [7, 11) is 0. The van der Waals surface area contributed by atoms with E-state index in [-0.39, 0.29) is 12.5 Å². The molecule has 6 nitrogen and oxygen atoms in total. The van der Waals surface area contributed by atoms with E-state index in [1.54, 1.807) is 24.3 Å². The van der Waals surface area contributed by atoms with Gasteiger partial charge < -0.3 is 19.4 Å². The van der Waals surface area contributed by atoms with Crippen molar-refractivity contribution in [2.24, 2.45) is 0 Å². The number of fused-ring (bicyclic) bond motifs is 1. The van der Waals surface area contributed by atoms with Crippen LogP contribution in [0.3, 0.4) is 0 Å². The van der Waals surface area contributed by atoms with Gasteiger partial charge in [-0.3, -0.25) is 4.79 Å². The monoisotopic (exact) mass is 525 g/mol. The lowest BCUT2D eigenvalue weighted by Gasteiger charge is -2.11. The van der Waals surface area contributed by atoms with E-state index in [1.165, 1.54) is 0 Å². The van der Waals surface area contributed by atoms with Gasteiger partial charge in [-0.15, -0.1) is 0 Å². The summed E-state index contributed by atoms with van der Waals surface area (Å²) in [5, 5.41) is 4.28. The summed E-state index contributed by atoms with van der Waals surface area (Å²) in [6.45, 7) is 3.85. The molecule has 0 saturated heterocycles. The van der Waals surface area contributed by atoms with Crippen LogP contribution >= 0.6 is 23.2 Å². The fraction of sp³-hybridized carbons (Fsp3) is 0.286. The van der Waals surface area contributed by atoms with E-state index in [0.717, 1.165) is 52.6 Å². The topological polar surface area (TPSA) is 65.4 Å². The van der Waals surface area contributed by atoms with Gasteiger partial charge in [-0.2, -0.15) is 0 Å². The molecule has 1 heterocycles. The van der Waals surface area contributed by atoms with E-state index < -0.39 is 0 Å². The molecule has 4 rings (SSSR count). The second-order valence-electron chi connectivity index (χ2n) is 8.48. The molecule has 0 atom stereocenters. The van der Waals surface area contributed by atoms with Gasteiger partial charge in [0.05, 0.1) is 17.6 Å². The zero-order chi connectivity index (χ0) is 25.3. The molecule has 1 N–H and O–H groups in total. The summed E-state index contributed by atoms with van der Waals surface area (Å²) in [4.78, 5) is 17.0. The third-order valence-electron chi connectivity index (χ3n) is 5.76. The first-order chi connectivity index (χ1) is 17.5. The molecule has 0 spiro atoms. The quantitative estimate of drug-likeness (QED) is 0.222. The second-order valence-corrected chi connectivity index (χ2v) is 9.32. The Labute approximate surface area is 221 Å². The van der Waals surface area contributed by atoms with Crippen LogP contribution in [0, 0.1) is 6.92 Å². The number of hydrogen-bond acceptors (Lipinski definition) is 4. The van der Waals surface area contributed by atoms with Gasteiger partial charge in [0.15, 0.2) is 6.61 Å². The van der Waals surface area contributed by atoms with Crippen LogP contribution in [-0.4, -0.2) is 35.2 Å². The van der Waals surface area contributed by atoms with Crippen LogP contribution in [0.1, 0.15) is 24.2 Å². The Kier molecular flexibility index (Phi) is 9.09.